The fourth-order valence-corrected chi connectivity index (χ4v) is 8.73. The molecule has 3 aliphatic rings. The summed E-state index contributed by atoms with van der Waals surface area (Å²) < 4.78 is 9.61. The summed E-state index contributed by atoms with van der Waals surface area (Å²) in [6.07, 6.45) is 9.47. The van der Waals surface area contributed by atoms with Crippen molar-refractivity contribution in [2.45, 2.75) is 110 Å². The number of halogens is 2. The van der Waals surface area contributed by atoms with Gasteiger partial charge in [-0.2, -0.15) is 0 Å². The van der Waals surface area contributed by atoms with E-state index in [2.05, 4.69) is 51.8 Å². The second-order valence-corrected chi connectivity index (χ2v) is 17.8. The van der Waals surface area contributed by atoms with E-state index in [1.165, 1.54) is 14.2 Å². The third kappa shape index (κ3) is 9.18. The zero-order valence-corrected chi connectivity index (χ0v) is 36.6. The Bertz CT molecular complexity index is 2110. The number of nitrogens with one attached hydrogen (secondary N) is 4. The van der Waals surface area contributed by atoms with Crippen LogP contribution in [0, 0.1) is 11.3 Å². The molecule has 4 amide bonds. The predicted octanol–water partition coefficient (Wildman–Crippen LogP) is 8.28. The second-order valence-electron chi connectivity index (χ2n) is 17.1. The van der Waals surface area contributed by atoms with E-state index in [-0.39, 0.29) is 35.2 Å². The van der Waals surface area contributed by atoms with Crippen molar-refractivity contribution >= 4 is 52.8 Å². The number of likely N-dealkylation sites (tertiary alicyclic amines) is 2. The predicted molar refractivity (Wildman–Crippen MR) is 227 cm³/mol. The monoisotopic (exact) mass is 850 g/mol. The Labute approximate surface area is 355 Å². The van der Waals surface area contributed by atoms with E-state index in [9.17, 15) is 19.2 Å². The second kappa shape index (κ2) is 17.8. The van der Waals surface area contributed by atoms with Crippen LogP contribution >= 0.6 is 23.2 Å². The van der Waals surface area contributed by atoms with Crippen molar-refractivity contribution in [2.75, 3.05) is 27.3 Å². The standard InChI is InChI=1S/C43H56Cl2N8O6/c1-9-24(2)30(48-40(56)58-7)38(54)52-22-10-12-28(52)36-47-32(35(45)51-36)26-18-20-43(6,21-19-26)27-16-14-25(15-17-27)31-34(44)50-37(46-31)29-13-11-23-53(29)39(55)33(42(3,4)5)49-41(57)59-8/h14-20,24,28-30,33H,9-13,21-23H2,1-8H3,(H,46,50)(H,47,51)(H,48,56)(H,49,57)/t24?,28-,29-,30-,33?,43-/m0/s1. The van der Waals surface area contributed by atoms with Gasteiger partial charge in [0.15, 0.2) is 0 Å². The van der Waals surface area contributed by atoms with Crippen LogP contribution in [-0.4, -0.2) is 93.1 Å². The molecule has 2 aromatic heterocycles. The Morgan fingerprint density at radius 2 is 1.42 bits per heavy atom. The van der Waals surface area contributed by atoms with Crippen molar-refractivity contribution < 1.29 is 28.7 Å². The van der Waals surface area contributed by atoms with E-state index in [4.69, 9.17) is 42.6 Å². The molecular formula is C43H56Cl2N8O6. The van der Waals surface area contributed by atoms with Gasteiger partial charge in [0, 0.05) is 24.1 Å². The number of alkyl carbamates (subject to hydrolysis) is 2. The average molecular weight is 852 g/mol. The van der Waals surface area contributed by atoms with Crippen LogP contribution in [0.25, 0.3) is 16.8 Å². The number of methoxy groups -OCH3 is 2. The number of hydrogen-bond donors (Lipinski definition) is 4. The van der Waals surface area contributed by atoms with Gasteiger partial charge in [0.25, 0.3) is 0 Å². The number of imidazole rings is 2. The molecule has 0 spiro atoms. The number of nitrogens with zero attached hydrogens (tertiary/aromatic N) is 4. The molecular weight excluding hydrogens is 795 g/mol. The van der Waals surface area contributed by atoms with Gasteiger partial charge in [0.05, 0.1) is 26.3 Å². The maximum Gasteiger partial charge on any atom is 0.407 e. The molecule has 0 radical (unpaired) electrons. The van der Waals surface area contributed by atoms with Gasteiger partial charge in [-0.15, -0.1) is 0 Å². The third-order valence-corrected chi connectivity index (χ3v) is 12.6. The minimum absolute atomic E-state index is 0.0870. The molecule has 14 nitrogen and oxygen atoms in total. The van der Waals surface area contributed by atoms with Crippen LogP contribution in [-0.2, 0) is 24.5 Å². The molecule has 3 aromatic rings. The quantitative estimate of drug-likeness (QED) is 0.149. The van der Waals surface area contributed by atoms with E-state index in [1.807, 2.05) is 52.8 Å². The fraction of sp³-hybridized carbons (Fsp3) is 0.535. The topological polar surface area (TPSA) is 175 Å². The van der Waals surface area contributed by atoms with Crippen molar-refractivity contribution in [3.8, 4) is 11.3 Å². The van der Waals surface area contributed by atoms with E-state index in [0.29, 0.717) is 65.7 Å². The van der Waals surface area contributed by atoms with Gasteiger partial charge in [-0.05, 0) is 54.6 Å². The van der Waals surface area contributed by atoms with Crippen LogP contribution in [0.1, 0.15) is 115 Å². The molecule has 6 rings (SSSR count). The summed E-state index contributed by atoms with van der Waals surface area (Å²) in [6.45, 7) is 12.9. The van der Waals surface area contributed by atoms with Crippen LogP contribution in [0.4, 0.5) is 9.59 Å². The Balaban J connectivity index is 1.14. The van der Waals surface area contributed by atoms with Gasteiger partial charge in [-0.25, -0.2) is 19.6 Å². The average Bonchev–Trinajstić information content (AvgIpc) is 4.05. The van der Waals surface area contributed by atoms with Gasteiger partial charge in [0.1, 0.15) is 45.4 Å². The summed E-state index contributed by atoms with van der Waals surface area (Å²) in [5.74, 6) is 0.772. The molecule has 4 N–H and O–H groups in total. The fourth-order valence-electron chi connectivity index (χ4n) is 8.24. The summed E-state index contributed by atoms with van der Waals surface area (Å²) in [5.41, 5.74) is 3.19. The van der Waals surface area contributed by atoms with Crippen molar-refractivity contribution in [2.24, 2.45) is 11.3 Å². The summed E-state index contributed by atoms with van der Waals surface area (Å²) in [7, 11) is 2.57. The molecule has 2 unspecified atom stereocenters. The largest absolute Gasteiger partial charge is 0.453 e. The Morgan fingerprint density at radius 3 is 1.95 bits per heavy atom. The Kier molecular flexibility index (Phi) is 13.2. The Morgan fingerprint density at radius 1 is 0.881 bits per heavy atom. The number of hydrogen-bond acceptors (Lipinski definition) is 8. The first-order valence-corrected chi connectivity index (χ1v) is 21.1. The van der Waals surface area contributed by atoms with Crippen LogP contribution in [0.2, 0.25) is 10.3 Å². The van der Waals surface area contributed by atoms with Crippen molar-refractivity contribution in [1.29, 1.82) is 0 Å². The number of allylic oxidation sites excluding steroid dienone is 4. The number of rotatable bonds is 11. The van der Waals surface area contributed by atoms with Gasteiger partial charge >= 0.3 is 12.2 Å². The molecule has 2 fully saturated rings. The van der Waals surface area contributed by atoms with Crippen molar-refractivity contribution in [3.63, 3.8) is 0 Å². The number of aromatic amines is 2. The number of carbonyl (C=O) groups is 4. The first kappa shape index (κ1) is 43.8. The number of ether oxygens (including phenoxy) is 2. The summed E-state index contributed by atoms with van der Waals surface area (Å²) in [5, 5.41) is 6.25. The summed E-state index contributed by atoms with van der Waals surface area (Å²) in [4.78, 5) is 71.7. The number of H-pyrrole nitrogens is 2. The summed E-state index contributed by atoms with van der Waals surface area (Å²) in [6, 6.07) is 6.05. The molecule has 1 aromatic carbocycles. The smallest absolute Gasteiger partial charge is 0.407 e. The highest BCUT2D eigenvalue weighted by Gasteiger charge is 2.42. The highest BCUT2D eigenvalue weighted by atomic mass is 35.5. The number of aromatic nitrogens is 4. The maximum atomic E-state index is 13.8. The molecule has 2 saturated heterocycles. The summed E-state index contributed by atoms with van der Waals surface area (Å²) >= 11 is 13.5. The third-order valence-electron chi connectivity index (χ3n) is 12.0. The van der Waals surface area contributed by atoms with Gasteiger partial charge < -0.3 is 39.9 Å². The first-order valence-electron chi connectivity index (χ1n) is 20.3. The molecule has 1 aliphatic carbocycles. The number of amides is 4. The van der Waals surface area contributed by atoms with Crippen LogP contribution < -0.4 is 10.6 Å². The molecule has 4 heterocycles. The minimum atomic E-state index is -0.783. The van der Waals surface area contributed by atoms with Crippen LogP contribution in [0.15, 0.2) is 42.5 Å². The SMILES string of the molecule is CCC(C)[C@H](NC(=O)OC)C(=O)N1CCC[C@H]1c1nc(C2=CC[C@@](C)(c3ccc(-c4nc([C@@H]5CCCN5C(=O)C(NC(=O)OC)C(C)(C)C)[nH]c4Cl)cc3)C=C2)c(Cl)[nH]1. The molecule has 16 heteroatoms. The maximum absolute atomic E-state index is 13.8. The van der Waals surface area contributed by atoms with Crippen LogP contribution in [0.5, 0.6) is 0 Å². The minimum Gasteiger partial charge on any atom is -0.453 e. The molecule has 59 heavy (non-hydrogen) atoms. The molecule has 6 atom stereocenters. The lowest BCUT2D eigenvalue weighted by molar-refractivity contribution is -0.137. The normalized spacial score (nSPS) is 22.1. The highest BCUT2D eigenvalue weighted by molar-refractivity contribution is 6.32. The molecule has 0 saturated carbocycles. The van der Waals surface area contributed by atoms with Gasteiger partial charge in [0.2, 0.25) is 11.8 Å². The highest BCUT2D eigenvalue weighted by Crippen LogP contribution is 2.41. The van der Waals surface area contributed by atoms with Crippen molar-refractivity contribution in [3.05, 3.63) is 75.7 Å². The molecule has 2 aliphatic heterocycles. The zero-order valence-electron chi connectivity index (χ0n) is 35.1. The lowest BCUT2D eigenvalue weighted by Gasteiger charge is -2.34. The van der Waals surface area contributed by atoms with Crippen molar-refractivity contribution in [1.82, 2.24) is 40.4 Å². The molecule has 318 valence electrons. The first-order chi connectivity index (χ1) is 28.0. The van der Waals surface area contributed by atoms with E-state index in [0.717, 1.165) is 36.0 Å². The van der Waals surface area contributed by atoms with E-state index in [1.54, 1.807) is 9.80 Å². The Hall–Kier alpha value is -4.82. The van der Waals surface area contributed by atoms with E-state index < -0.39 is 29.7 Å². The lowest BCUT2D eigenvalue weighted by Crippen LogP contribution is -2.54. The number of carbonyl (C=O) groups excluding carboxylic acids is 4. The van der Waals surface area contributed by atoms with Crippen LogP contribution in [0.3, 0.4) is 0 Å². The lowest BCUT2D eigenvalue weighted by atomic mass is 9.75. The van der Waals surface area contributed by atoms with E-state index >= 15 is 0 Å². The zero-order chi connectivity index (χ0) is 42.8. The van der Waals surface area contributed by atoms with Gasteiger partial charge in [-0.3, -0.25) is 9.59 Å². The molecule has 0 bridgehead atoms. The number of benzene rings is 1. The van der Waals surface area contributed by atoms with Gasteiger partial charge in [-0.1, -0.05) is 114 Å².